The summed E-state index contributed by atoms with van der Waals surface area (Å²) in [5.74, 6) is 0.509. The van der Waals surface area contributed by atoms with Gasteiger partial charge >= 0.3 is 0 Å². The summed E-state index contributed by atoms with van der Waals surface area (Å²) in [5, 5.41) is 18.4. The molecule has 1 unspecified atom stereocenters. The monoisotopic (exact) mass is 515 g/mol. The van der Waals surface area contributed by atoms with Crippen LogP contribution in [0.3, 0.4) is 0 Å². The van der Waals surface area contributed by atoms with Gasteiger partial charge in [-0.05, 0) is 61.9 Å². The maximum atomic E-state index is 12.3. The second-order valence-electron chi connectivity index (χ2n) is 9.49. The van der Waals surface area contributed by atoms with E-state index in [9.17, 15) is 9.59 Å². The Morgan fingerprint density at radius 2 is 1.71 bits per heavy atom. The number of aliphatic hydroxyl groups is 1. The first-order valence-electron chi connectivity index (χ1n) is 13.1. The summed E-state index contributed by atoms with van der Waals surface area (Å²) in [5.41, 5.74) is 4.44. The third kappa shape index (κ3) is 6.27. The number of nitrogens with zero attached hydrogens (tertiary/aromatic N) is 4. The van der Waals surface area contributed by atoms with Crippen molar-refractivity contribution < 1.29 is 14.7 Å². The van der Waals surface area contributed by atoms with Gasteiger partial charge in [-0.3, -0.25) is 9.59 Å². The number of amides is 2. The van der Waals surface area contributed by atoms with Crippen molar-refractivity contribution in [2.24, 2.45) is 0 Å². The normalized spacial score (nSPS) is 17.3. The van der Waals surface area contributed by atoms with Crippen LogP contribution in [0.4, 0.5) is 23.0 Å². The van der Waals surface area contributed by atoms with Crippen molar-refractivity contribution >= 4 is 34.8 Å². The lowest BCUT2D eigenvalue weighted by Crippen LogP contribution is -2.48. The molecule has 198 valence electrons. The molecule has 5 rings (SSSR count). The lowest BCUT2D eigenvalue weighted by Gasteiger charge is -2.36. The van der Waals surface area contributed by atoms with Gasteiger partial charge in [0.1, 0.15) is 0 Å². The number of hydrogen-bond acceptors (Lipinski definition) is 8. The van der Waals surface area contributed by atoms with E-state index in [1.54, 1.807) is 6.20 Å². The molecule has 1 atom stereocenters. The van der Waals surface area contributed by atoms with E-state index >= 15 is 0 Å². The first kappa shape index (κ1) is 25.6. The molecular weight excluding hydrogens is 482 g/mol. The van der Waals surface area contributed by atoms with Crippen LogP contribution in [0.5, 0.6) is 0 Å². The number of anilines is 4. The van der Waals surface area contributed by atoms with Crippen molar-refractivity contribution in [1.29, 1.82) is 0 Å². The van der Waals surface area contributed by atoms with Gasteiger partial charge < -0.3 is 30.9 Å². The third-order valence-electron chi connectivity index (χ3n) is 6.93. The number of nitrogens with one attached hydrogen (secondary N) is 3. The fourth-order valence-electron chi connectivity index (χ4n) is 4.79. The van der Waals surface area contributed by atoms with Gasteiger partial charge in [0, 0.05) is 61.4 Å². The van der Waals surface area contributed by atoms with Gasteiger partial charge in [0.2, 0.25) is 17.8 Å². The molecule has 3 aromatic rings. The van der Waals surface area contributed by atoms with Gasteiger partial charge in [0.05, 0.1) is 18.3 Å². The molecular formula is C28H33N7O3. The highest BCUT2D eigenvalue weighted by atomic mass is 16.3. The summed E-state index contributed by atoms with van der Waals surface area (Å²) < 4.78 is 0. The molecule has 0 bridgehead atoms. The zero-order chi connectivity index (χ0) is 26.3. The Morgan fingerprint density at radius 3 is 2.39 bits per heavy atom. The van der Waals surface area contributed by atoms with Crippen molar-refractivity contribution in [2.45, 2.75) is 25.3 Å². The van der Waals surface area contributed by atoms with E-state index in [1.165, 1.54) is 0 Å². The molecule has 2 amide bonds. The van der Waals surface area contributed by atoms with E-state index in [0.717, 1.165) is 60.8 Å². The average molecular weight is 516 g/mol. The van der Waals surface area contributed by atoms with Gasteiger partial charge in [-0.15, -0.1) is 0 Å². The Morgan fingerprint density at radius 1 is 0.974 bits per heavy atom. The third-order valence-corrected chi connectivity index (χ3v) is 6.93. The van der Waals surface area contributed by atoms with Crippen LogP contribution in [-0.4, -0.2) is 77.2 Å². The summed E-state index contributed by atoms with van der Waals surface area (Å²) in [6, 6.07) is 17.5. The number of carbonyl (C=O) groups excluding carboxylic acids is 2. The van der Waals surface area contributed by atoms with Crippen molar-refractivity contribution in [3.63, 3.8) is 0 Å². The van der Waals surface area contributed by atoms with E-state index in [2.05, 4.69) is 30.8 Å². The van der Waals surface area contributed by atoms with Crippen molar-refractivity contribution in [1.82, 2.24) is 20.2 Å². The molecule has 0 aliphatic carbocycles. The largest absolute Gasteiger partial charge is 0.396 e. The standard InChI is InChI=1S/C28H33N7O3/c36-19-12-26(37)35-17-15-34(16-18-35)23-9-7-22(8-10-23)32-28-30-14-11-24(33-28)20-3-5-21(6-4-20)31-27(38)25-2-1-13-29-25/h3-11,14,25,29,36H,1-2,12-13,15-19H2,(H,31,38)(H,30,32,33). The molecule has 10 nitrogen and oxygen atoms in total. The Kier molecular flexibility index (Phi) is 8.10. The second kappa shape index (κ2) is 12.0. The van der Waals surface area contributed by atoms with Crippen LogP contribution in [0.1, 0.15) is 19.3 Å². The number of hydrogen-bond donors (Lipinski definition) is 4. The zero-order valence-electron chi connectivity index (χ0n) is 21.3. The molecule has 2 aliphatic heterocycles. The Balaban J connectivity index is 1.17. The SMILES string of the molecule is O=C(Nc1ccc(-c2ccnc(Nc3ccc(N4CCN(C(=O)CCO)CC4)cc3)n2)cc1)C1CCCN1. The van der Waals surface area contributed by atoms with Gasteiger partial charge in [0.15, 0.2) is 0 Å². The van der Waals surface area contributed by atoms with Crippen LogP contribution in [0, 0.1) is 0 Å². The number of carbonyl (C=O) groups is 2. The van der Waals surface area contributed by atoms with Crippen LogP contribution < -0.4 is 20.9 Å². The molecule has 2 fully saturated rings. The highest BCUT2D eigenvalue weighted by Crippen LogP contribution is 2.24. The van der Waals surface area contributed by atoms with Gasteiger partial charge in [-0.25, -0.2) is 9.97 Å². The number of rotatable bonds is 8. The molecule has 2 saturated heterocycles. The number of aliphatic hydroxyl groups excluding tert-OH is 1. The second-order valence-corrected chi connectivity index (χ2v) is 9.49. The maximum Gasteiger partial charge on any atom is 0.241 e. The lowest BCUT2D eigenvalue weighted by molar-refractivity contribution is -0.132. The number of benzene rings is 2. The highest BCUT2D eigenvalue weighted by Gasteiger charge is 2.22. The molecule has 38 heavy (non-hydrogen) atoms. The van der Waals surface area contributed by atoms with Crippen LogP contribution in [0.15, 0.2) is 60.8 Å². The fraction of sp³-hybridized carbons (Fsp3) is 0.357. The Bertz CT molecular complexity index is 1240. The topological polar surface area (TPSA) is 123 Å². The summed E-state index contributed by atoms with van der Waals surface area (Å²) >= 11 is 0. The first-order chi connectivity index (χ1) is 18.6. The van der Waals surface area contributed by atoms with Gasteiger partial charge in [-0.2, -0.15) is 0 Å². The summed E-state index contributed by atoms with van der Waals surface area (Å²) in [4.78, 5) is 37.4. The summed E-state index contributed by atoms with van der Waals surface area (Å²) in [6.45, 7) is 3.61. The van der Waals surface area contributed by atoms with Gasteiger partial charge in [-0.1, -0.05) is 12.1 Å². The minimum Gasteiger partial charge on any atom is -0.396 e. The molecule has 0 spiro atoms. The van der Waals surface area contributed by atoms with Crippen molar-refractivity contribution in [2.75, 3.05) is 54.9 Å². The molecule has 4 N–H and O–H groups in total. The molecule has 0 radical (unpaired) electrons. The maximum absolute atomic E-state index is 12.3. The average Bonchev–Trinajstić information content (AvgIpc) is 3.50. The zero-order valence-corrected chi connectivity index (χ0v) is 21.3. The van der Waals surface area contributed by atoms with Crippen LogP contribution in [-0.2, 0) is 9.59 Å². The smallest absolute Gasteiger partial charge is 0.241 e. The quantitative estimate of drug-likeness (QED) is 0.361. The van der Waals surface area contributed by atoms with Crippen LogP contribution >= 0.6 is 0 Å². The van der Waals surface area contributed by atoms with Crippen LogP contribution in [0.2, 0.25) is 0 Å². The first-order valence-corrected chi connectivity index (χ1v) is 13.1. The molecule has 0 saturated carbocycles. The number of piperazine rings is 1. The van der Waals surface area contributed by atoms with Gasteiger partial charge in [0.25, 0.3) is 0 Å². The fourth-order valence-corrected chi connectivity index (χ4v) is 4.79. The van der Waals surface area contributed by atoms with E-state index in [0.29, 0.717) is 19.0 Å². The van der Waals surface area contributed by atoms with E-state index in [-0.39, 0.29) is 30.9 Å². The predicted molar refractivity (Wildman–Crippen MR) is 147 cm³/mol. The predicted octanol–water partition coefficient (Wildman–Crippen LogP) is 2.61. The molecule has 2 aliphatic rings. The Labute approximate surface area is 222 Å². The molecule has 10 heteroatoms. The highest BCUT2D eigenvalue weighted by molar-refractivity contribution is 5.95. The Hall–Kier alpha value is -4.02. The summed E-state index contributed by atoms with van der Waals surface area (Å²) in [6.07, 6.45) is 3.80. The van der Waals surface area contributed by atoms with Crippen LogP contribution in [0.25, 0.3) is 11.3 Å². The lowest BCUT2D eigenvalue weighted by atomic mass is 10.1. The minimum atomic E-state index is -0.113. The summed E-state index contributed by atoms with van der Waals surface area (Å²) in [7, 11) is 0. The molecule has 3 heterocycles. The van der Waals surface area contributed by atoms with Crippen molar-refractivity contribution in [3.05, 3.63) is 60.8 Å². The molecule has 2 aromatic carbocycles. The molecule has 1 aromatic heterocycles. The van der Waals surface area contributed by atoms with Crippen molar-refractivity contribution in [3.8, 4) is 11.3 Å². The van der Waals surface area contributed by atoms with E-state index in [1.807, 2.05) is 59.5 Å². The number of aromatic nitrogens is 2. The minimum absolute atomic E-state index is 0.00481. The van der Waals surface area contributed by atoms with E-state index in [4.69, 9.17) is 5.11 Å². The van der Waals surface area contributed by atoms with E-state index < -0.39 is 0 Å².